The lowest BCUT2D eigenvalue weighted by atomic mass is 9.95. The minimum Gasteiger partial charge on any atom is -0.507 e. The van der Waals surface area contributed by atoms with Crippen LogP contribution < -0.4 is 0 Å². The first-order valence-electron chi connectivity index (χ1n) is 9.40. The lowest BCUT2D eigenvalue weighted by Gasteiger charge is -2.15. The summed E-state index contributed by atoms with van der Waals surface area (Å²) >= 11 is 0. The fourth-order valence-electron chi connectivity index (χ4n) is 2.97. The fourth-order valence-corrected chi connectivity index (χ4v) is 2.97. The standard InChI is InChI=1S/C22H30N4O2/c1-8-9-17(11-10-16(5)25(6)7)26-21(23-24-22(26)28)19-13-18(14(2)3)15(4)12-20(19)27/h9-14,27H,5,8H2,1-4,6-7H3,(H,24,28)/b11-10-,17-9+. The van der Waals surface area contributed by atoms with Crippen molar-refractivity contribution in [3.8, 4) is 23.1 Å². The molecule has 0 radical (unpaired) electrons. The second-order valence-electron chi connectivity index (χ2n) is 7.30. The molecule has 0 aliphatic carbocycles. The molecule has 0 fully saturated rings. The van der Waals surface area contributed by atoms with Crippen molar-refractivity contribution in [2.75, 3.05) is 14.1 Å². The number of likely N-dealkylation sites (N-methyl/N-ethyl adjacent to an activating group) is 1. The summed E-state index contributed by atoms with van der Waals surface area (Å²) in [7, 11) is 3.82. The molecule has 0 spiro atoms. The summed E-state index contributed by atoms with van der Waals surface area (Å²) in [5.41, 5.74) is 4.17. The summed E-state index contributed by atoms with van der Waals surface area (Å²) < 4.78 is 1.54. The normalized spacial score (nSPS) is 12.2. The SMILES string of the molecule is C=C(/C=C\C(=C/CC)n1c(O)nnc1-c1cc(C(C)C)c(C)cc1O)N(C)C. The van der Waals surface area contributed by atoms with Crippen molar-refractivity contribution in [2.24, 2.45) is 0 Å². The van der Waals surface area contributed by atoms with Gasteiger partial charge in [0.05, 0.1) is 5.56 Å². The molecule has 0 aliphatic heterocycles. The van der Waals surface area contributed by atoms with E-state index in [4.69, 9.17) is 0 Å². The first-order chi connectivity index (χ1) is 13.2. The Morgan fingerprint density at radius 3 is 2.46 bits per heavy atom. The molecule has 0 saturated carbocycles. The Morgan fingerprint density at radius 1 is 1.21 bits per heavy atom. The number of hydrogen-bond donors (Lipinski definition) is 2. The molecule has 0 bridgehead atoms. The van der Waals surface area contributed by atoms with Crippen LogP contribution in [0.2, 0.25) is 0 Å². The number of nitrogens with zero attached hydrogens (tertiary/aromatic N) is 4. The van der Waals surface area contributed by atoms with E-state index in [9.17, 15) is 10.2 Å². The van der Waals surface area contributed by atoms with Gasteiger partial charge >= 0.3 is 6.01 Å². The molecule has 0 saturated heterocycles. The Morgan fingerprint density at radius 2 is 1.89 bits per heavy atom. The van der Waals surface area contributed by atoms with Gasteiger partial charge in [0.25, 0.3) is 0 Å². The number of aromatic nitrogens is 3. The molecule has 6 nitrogen and oxygen atoms in total. The van der Waals surface area contributed by atoms with Crippen LogP contribution in [0, 0.1) is 6.92 Å². The van der Waals surface area contributed by atoms with E-state index in [2.05, 4.69) is 30.6 Å². The second kappa shape index (κ2) is 8.78. The van der Waals surface area contributed by atoms with Crippen LogP contribution in [0.1, 0.15) is 44.2 Å². The molecule has 0 atom stereocenters. The van der Waals surface area contributed by atoms with Gasteiger partial charge in [0, 0.05) is 25.5 Å². The summed E-state index contributed by atoms with van der Waals surface area (Å²) in [5, 5.41) is 28.9. The van der Waals surface area contributed by atoms with Crippen molar-refractivity contribution < 1.29 is 10.2 Å². The number of hydrogen-bond acceptors (Lipinski definition) is 5. The van der Waals surface area contributed by atoms with E-state index in [-0.39, 0.29) is 11.8 Å². The van der Waals surface area contributed by atoms with Crippen LogP contribution in [0.15, 0.2) is 42.6 Å². The van der Waals surface area contributed by atoms with E-state index < -0.39 is 0 Å². The number of aryl methyl sites for hydroxylation is 1. The third-order valence-corrected chi connectivity index (χ3v) is 4.59. The van der Waals surface area contributed by atoms with Crippen molar-refractivity contribution in [1.29, 1.82) is 0 Å². The molecular formula is C22H30N4O2. The van der Waals surface area contributed by atoms with Gasteiger partial charge in [-0.05, 0) is 54.7 Å². The number of rotatable bonds is 7. The van der Waals surface area contributed by atoms with Crippen LogP contribution in [0.3, 0.4) is 0 Å². The molecule has 0 unspecified atom stereocenters. The smallest absolute Gasteiger partial charge is 0.319 e. The van der Waals surface area contributed by atoms with E-state index in [1.165, 1.54) is 4.57 Å². The van der Waals surface area contributed by atoms with Crippen LogP contribution in [0.25, 0.3) is 17.1 Å². The molecule has 1 aromatic carbocycles. The molecule has 28 heavy (non-hydrogen) atoms. The van der Waals surface area contributed by atoms with Gasteiger partial charge in [-0.3, -0.25) is 0 Å². The molecule has 2 aromatic rings. The monoisotopic (exact) mass is 382 g/mol. The lowest BCUT2D eigenvalue weighted by Crippen LogP contribution is -2.07. The zero-order valence-electron chi connectivity index (χ0n) is 17.6. The van der Waals surface area contributed by atoms with E-state index in [0.717, 1.165) is 23.2 Å². The van der Waals surface area contributed by atoms with E-state index in [0.29, 0.717) is 23.0 Å². The van der Waals surface area contributed by atoms with Crippen molar-refractivity contribution in [1.82, 2.24) is 19.7 Å². The highest BCUT2D eigenvalue weighted by Crippen LogP contribution is 2.36. The van der Waals surface area contributed by atoms with Crippen LogP contribution in [0.5, 0.6) is 11.8 Å². The largest absolute Gasteiger partial charge is 0.507 e. The highest BCUT2D eigenvalue weighted by atomic mass is 16.3. The van der Waals surface area contributed by atoms with Crippen molar-refractivity contribution in [3.63, 3.8) is 0 Å². The molecule has 1 aromatic heterocycles. The Kier molecular flexibility index (Phi) is 6.67. The molecule has 2 N–H and O–H groups in total. The molecule has 0 aliphatic rings. The maximum atomic E-state index is 10.6. The van der Waals surface area contributed by atoms with Gasteiger partial charge in [0.1, 0.15) is 5.75 Å². The molecule has 6 heteroatoms. The molecule has 1 heterocycles. The first kappa shape index (κ1) is 21.3. The van der Waals surface area contributed by atoms with Gasteiger partial charge in [-0.25, -0.2) is 4.57 Å². The van der Waals surface area contributed by atoms with Crippen LogP contribution in [0.4, 0.5) is 0 Å². The minimum absolute atomic E-state index is 0.105. The first-order valence-corrected chi connectivity index (χ1v) is 9.40. The average Bonchev–Trinajstić information content (AvgIpc) is 2.99. The van der Waals surface area contributed by atoms with Crippen molar-refractivity contribution in [3.05, 3.63) is 53.8 Å². The Labute approximate surface area is 167 Å². The summed E-state index contributed by atoms with van der Waals surface area (Å²) in [6, 6.07) is 3.41. The molecule has 0 amide bonds. The topological polar surface area (TPSA) is 74.4 Å². The third kappa shape index (κ3) is 4.44. The number of aromatic hydroxyl groups is 2. The van der Waals surface area contributed by atoms with Crippen LogP contribution in [-0.4, -0.2) is 44.0 Å². The van der Waals surface area contributed by atoms with Gasteiger partial charge in [-0.15, -0.1) is 5.10 Å². The van der Waals surface area contributed by atoms with Crippen molar-refractivity contribution in [2.45, 2.75) is 40.0 Å². The second-order valence-corrected chi connectivity index (χ2v) is 7.30. The zero-order chi connectivity index (χ0) is 21.0. The Balaban J connectivity index is 2.64. The molecule has 2 rings (SSSR count). The van der Waals surface area contributed by atoms with Crippen LogP contribution in [-0.2, 0) is 0 Å². The third-order valence-electron chi connectivity index (χ3n) is 4.59. The highest BCUT2D eigenvalue weighted by Gasteiger charge is 2.20. The van der Waals surface area contributed by atoms with E-state index >= 15 is 0 Å². The minimum atomic E-state index is -0.235. The van der Waals surface area contributed by atoms with Gasteiger partial charge in [0.15, 0.2) is 5.82 Å². The van der Waals surface area contributed by atoms with Gasteiger partial charge in [-0.1, -0.05) is 38.5 Å². The van der Waals surface area contributed by atoms with Gasteiger partial charge in [-0.2, -0.15) is 0 Å². The van der Waals surface area contributed by atoms with E-state index in [1.54, 1.807) is 6.07 Å². The number of benzene rings is 1. The number of phenolic OH excluding ortho intramolecular Hbond substituents is 1. The maximum Gasteiger partial charge on any atom is 0.319 e. The van der Waals surface area contributed by atoms with E-state index in [1.807, 2.05) is 57.1 Å². The number of allylic oxidation sites excluding steroid dienone is 4. The molecule has 150 valence electrons. The Bertz CT molecular complexity index is 921. The maximum absolute atomic E-state index is 10.6. The summed E-state index contributed by atoms with van der Waals surface area (Å²) in [5.74, 6) is 0.781. The molecular weight excluding hydrogens is 352 g/mol. The predicted octanol–water partition coefficient (Wildman–Crippen LogP) is 4.67. The summed E-state index contributed by atoms with van der Waals surface area (Å²) in [4.78, 5) is 1.90. The fraction of sp³-hybridized carbons (Fsp3) is 0.364. The quantitative estimate of drug-likeness (QED) is 0.681. The zero-order valence-corrected chi connectivity index (χ0v) is 17.6. The Hall–Kier alpha value is -3.02. The predicted molar refractivity (Wildman–Crippen MR) is 114 cm³/mol. The number of phenols is 1. The average molecular weight is 383 g/mol. The van der Waals surface area contributed by atoms with Gasteiger partial charge in [0.2, 0.25) is 0 Å². The summed E-state index contributed by atoms with van der Waals surface area (Å²) in [6.45, 7) is 12.2. The van der Waals surface area contributed by atoms with Crippen LogP contribution >= 0.6 is 0 Å². The van der Waals surface area contributed by atoms with Gasteiger partial charge < -0.3 is 15.1 Å². The highest BCUT2D eigenvalue weighted by molar-refractivity contribution is 5.73. The lowest BCUT2D eigenvalue weighted by molar-refractivity contribution is 0.422. The summed E-state index contributed by atoms with van der Waals surface area (Å²) in [6.07, 6.45) is 6.43. The van der Waals surface area contributed by atoms with Crippen molar-refractivity contribution >= 4 is 5.70 Å².